The van der Waals surface area contributed by atoms with Gasteiger partial charge in [0.05, 0.1) is 0 Å². The van der Waals surface area contributed by atoms with Gasteiger partial charge >= 0.3 is 0 Å². The van der Waals surface area contributed by atoms with Crippen LogP contribution in [0.4, 0.5) is 0 Å². The standard InChI is InChI=1S/C7H14OS/c1-7(2)6-9-5-3-4-8/h4,7H,3,5-6H2,1-2H3. The highest BCUT2D eigenvalue weighted by Crippen LogP contribution is 2.07. The predicted octanol–water partition coefficient (Wildman–Crippen LogP) is 1.96. The fourth-order valence-corrected chi connectivity index (χ4v) is 1.35. The van der Waals surface area contributed by atoms with Crippen molar-refractivity contribution in [3.05, 3.63) is 0 Å². The molecular formula is C7H14OS. The van der Waals surface area contributed by atoms with E-state index in [1.165, 1.54) is 5.75 Å². The molecule has 0 fully saturated rings. The Labute approximate surface area is 61.2 Å². The highest BCUT2D eigenvalue weighted by Gasteiger charge is 1.92. The first-order chi connectivity index (χ1) is 4.27. The number of carbonyl (C=O) groups excluding carboxylic acids is 1. The number of aldehydes is 1. The Kier molecular flexibility index (Phi) is 6.16. The third-order valence-corrected chi connectivity index (χ3v) is 2.26. The molecule has 0 heterocycles. The van der Waals surface area contributed by atoms with Gasteiger partial charge in [-0.2, -0.15) is 11.8 Å². The number of hydrogen-bond donors (Lipinski definition) is 0. The maximum Gasteiger partial charge on any atom is 0.120 e. The van der Waals surface area contributed by atoms with Crippen molar-refractivity contribution in [2.45, 2.75) is 20.3 Å². The fourth-order valence-electron chi connectivity index (χ4n) is 0.450. The molecule has 54 valence electrons. The Morgan fingerprint density at radius 2 is 2.22 bits per heavy atom. The quantitative estimate of drug-likeness (QED) is 0.435. The molecule has 9 heavy (non-hydrogen) atoms. The van der Waals surface area contributed by atoms with E-state index < -0.39 is 0 Å². The summed E-state index contributed by atoms with van der Waals surface area (Å²) in [4.78, 5) is 9.84. The summed E-state index contributed by atoms with van der Waals surface area (Å²) in [7, 11) is 0. The van der Waals surface area contributed by atoms with Crippen LogP contribution in [0.1, 0.15) is 20.3 Å². The lowest BCUT2D eigenvalue weighted by Crippen LogP contribution is -1.92. The molecule has 0 atom stereocenters. The van der Waals surface area contributed by atoms with Gasteiger partial charge in [-0.05, 0) is 17.4 Å². The molecule has 0 N–H and O–H groups in total. The third kappa shape index (κ3) is 8.02. The summed E-state index contributed by atoms with van der Waals surface area (Å²) in [5.74, 6) is 2.91. The molecule has 0 amide bonds. The fraction of sp³-hybridized carbons (Fsp3) is 0.857. The monoisotopic (exact) mass is 146 g/mol. The van der Waals surface area contributed by atoms with Gasteiger partial charge in [0.25, 0.3) is 0 Å². The normalized spacial score (nSPS) is 10.1. The summed E-state index contributed by atoms with van der Waals surface area (Å²) >= 11 is 1.85. The minimum absolute atomic E-state index is 0.706. The van der Waals surface area contributed by atoms with Crippen LogP contribution in [0.5, 0.6) is 0 Å². The summed E-state index contributed by atoms with van der Waals surface area (Å²) in [6.45, 7) is 4.38. The third-order valence-electron chi connectivity index (χ3n) is 0.831. The first-order valence-corrected chi connectivity index (χ1v) is 4.44. The summed E-state index contributed by atoms with van der Waals surface area (Å²) in [5.41, 5.74) is 0. The predicted molar refractivity (Wildman–Crippen MR) is 42.8 cm³/mol. The molecule has 0 spiro atoms. The SMILES string of the molecule is CC(C)CSCCC=O. The number of rotatable bonds is 5. The minimum Gasteiger partial charge on any atom is -0.303 e. The van der Waals surface area contributed by atoms with Crippen molar-refractivity contribution < 1.29 is 4.79 Å². The lowest BCUT2D eigenvalue weighted by molar-refractivity contribution is -0.107. The van der Waals surface area contributed by atoms with Crippen LogP contribution in [0.2, 0.25) is 0 Å². The average Bonchev–Trinajstić information content (AvgIpc) is 1.80. The van der Waals surface area contributed by atoms with E-state index >= 15 is 0 Å². The Balaban J connectivity index is 2.82. The Morgan fingerprint density at radius 3 is 2.67 bits per heavy atom. The van der Waals surface area contributed by atoms with Crippen LogP contribution in [0.25, 0.3) is 0 Å². The van der Waals surface area contributed by atoms with Gasteiger partial charge in [-0.3, -0.25) is 0 Å². The van der Waals surface area contributed by atoms with Crippen molar-refractivity contribution in [1.29, 1.82) is 0 Å². The first kappa shape index (κ1) is 9.02. The second kappa shape index (κ2) is 6.14. The largest absolute Gasteiger partial charge is 0.303 e. The molecule has 1 nitrogen and oxygen atoms in total. The molecule has 0 radical (unpaired) electrons. The second-order valence-corrected chi connectivity index (χ2v) is 3.57. The Bertz CT molecular complexity index is 71.3. The maximum atomic E-state index is 9.84. The zero-order valence-corrected chi connectivity index (χ0v) is 6.91. The van der Waals surface area contributed by atoms with E-state index in [-0.39, 0.29) is 0 Å². The van der Waals surface area contributed by atoms with Crippen molar-refractivity contribution in [3.63, 3.8) is 0 Å². The molecule has 0 saturated carbocycles. The first-order valence-electron chi connectivity index (χ1n) is 3.28. The summed E-state index contributed by atoms with van der Waals surface area (Å²) in [5, 5.41) is 0. The van der Waals surface area contributed by atoms with Crippen molar-refractivity contribution in [1.82, 2.24) is 0 Å². The smallest absolute Gasteiger partial charge is 0.120 e. The minimum atomic E-state index is 0.706. The lowest BCUT2D eigenvalue weighted by atomic mass is 10.3. The van der Waals surface area contributed by atoms with E-state index in [0.29, 0.717) is 6.42 Å². The molecule has 0 rings (SSSR count). The highest BCUT2D eigenvalue weighted by molar-refractivity contribution is 7.99. The topological polar surface area (TPSA) is 17.1 Å². The van der Waals surface area contributed by atoms with Crippen molar-refractivity contribution in [2.24, 2.45) is 5.92 Å². The van der Waals surface area contributed by atoms with E-state index in [0.717, 1.165) is 18.0 Å². The van der Waals surface area contributed by atoms with E-state index in [2.05, 4.69) is 13.8 Å². The number of thioether (sulfide) groups is 1. The molecule has 0 aliphatic rings. The van der Waals surface area contributed by atoms with Gasteiger partial charge < -0.3 is 4.79 Å². The molecule has 0 aromatic carbocycles. The molecule has 0 aliphatic carbocycles. The van der Waals surface area contributed by atoms with Crippen molar-refractivity contribution in [2.75, 3.05) is 11.5 Å². The van der Waals surface area contributed by atoms with Crippen LogP contribution in [0.3, 0.4) is 0 Å². The van der Waals surface area contributed by atoms with E-state index in [1.807, 2.05) is 11.8 Å². The molecule has 0 bridgehead atoms. The van der Waals surface area contributed by atoms with Crippen LogP contribution in [-0.2, 0) is 4.79 Å². The van der Waals surface area contributed by atoms with Crippen LogP contribution in [-0.4, -0.2) is 17.8 Å². The van der Waals surface area contributed by atoms with Gasteiger partial charge in [-0.1, -0.05) is 13.8 Å². The van der Waals surface area contributed by atoms with Crippen LogP contribution in [0.15, 0.2) is 0 Å². The van der Waals surface area contributed by atoms with Gasteiger partial charge in [-0.25, -0.2) is 0 Å². The molecule has 0 saturated heterocycles. The number of hydrogen-bond acceptors (Lipinski definition) is 2. The zero-order chi connectivity index (χ0) is 7.11. The summed E-state index contributed by atoms with van der Waals surface area (Å²) in [6, 6.07) is 0. The van der Waals surface area contributed by atoms with Crippen LogP contribution < -0.4 is 0 Å². The van der Waals surface area contributed by atoms with Gasteiger partial charge in [0.15, 0.2) is 0 Å². The van der Waals surface area contributed by atoms with Crippen molar-refractivity contribution in [3.8, 4) is 0 Å². The van der Waals surface area contributed by atoms with E-state index in [4.69, 9.17) is 0 Å². The summed E-state index contributed by atoms with van der Waals surface area (Å²) in [6.07, 6.45) is 1.69. The van der Waals surface area contributed by atoms with Crippen LogP contribution >= 0.6 is 11.8 Å². The maximum absolute atomic E-state index is 9.84. The molecule has 2 heteroatoms. The van der Waals surface area contributed by atoms with Gasteiger partial charge in [-0.15, -0.1) is 0 Å². The molecule has 0 aromatic heterocycles. The molecule has 0 aromatic rings. The van der Waals surface area contributed by atoms with Gasteiger partial charge in [0.1, 0.15) is 6.29 Å². The highest BCUT2D eigenvalue weighted by atomic mass is 32.2. The Hall–Kier alpha value is 0.0200. The zero-order valence-electron chi connectivity index (χ0n) is 6.09. The lowest BCUT2D eigenvalue weighted by Gasteiger charge is -2.00. The molecular weight excluding hydrogens is 132 g/mol. The van der Waals surface area contributed by atoms with Crippen LogP contribution in [0, 0.1) is 5.92 Å². The van der Waals surface area contributed by atoms with Gasteiger partial charge in [0, 0.05) is 6.42 Å². The van der Waals surface area contributed by atoms with Crippen molar-refractivity contribution >= 4 is 18.0 Å². The van der Waals surface area contributed by atoms with Gasteiger partial charge in [0.2, 0.25) is 0 Å². The Morgan fingerprint density at radius 1 is 1.56 bits per heavy atom. The second-order valence-electron chi connectivity index (χ2n) is 2.42. The summed E-state index contributed by atoms with van der Waals surface area (Å²) < 4.78 is 0. The van der Waals surface area contributed by atoms with E-state index in [9.17, 15) is 4.79 Å². The van der Waals surface area contributed by atoms with E-state index in [1.54, 1.807) is 0 Å². The molecule has 0 unspecified atom stereocenters. The molecule has 0 aliphatic heterocycles. The average molecular weight is 146 g/mol. The number of carbonyl (C=O) groups is 1.